The number of nitrogen functional groups attached to an aromatic ring is 1. The SMILES string of the molecule is CC(=O)c1cc(N)ccc1S(=O)(=O)O.CCN(CC)CC. The number of rotatable bonds is 5. The van der Waals surface area contributed by atoms with Gasteiger partial charge in [-0.05, 0) is 44.8 Å². The first-order chi connectivity index (χ1) is 9.67. The Morgan fingerprint density at radius 2 is 1.67 bits per heavy atom. The average Bonchev–Trinajstić information content (AvgIpc) is 2.40. The van der Waals surface area contributed by atoms with Gasteiger partial charge in [-0.3, -0.25) is 9.35 Å². The van der Waals surface area contributed by atoms with Gasteiger partial charge in [0.2, 0.25) is 0 Å². The standard InChI is InChI=1S/C8H9NO4S.C6H15N/c1-5(10)7-4-6(9)2-3-8(7)14(11,12)13;1-4-7(5-2)6-3/h2-4H,9H2,1H3,(H,11,12,13);4-6H2,1-3H3. The summed E-state index contributed by atoms with van der Waals surface area (Å²) in [6.45, 7) is 11.3. The summed E-state index contributed by atoms with van der Waals surface area (Å²) in [6, 6.07) is 3.61. The molecule has 0 aromatic heterocycles. The number of hydrogen-bond donors (Lipinski definition) is 2. The summed E-state index contributed by atoms with van der Waals surface area (Å²) >= 11 is 0. The van der Waals surface area contributed by atoms with Gasteiger partial charge in [-0.15, -0.1) is 0 Å². The molecule has 21 heavy (non-hydrogen) atoms. The highest BCUT2D eigenvalue weighted by Crippen LogP contribution is 2.18. The molecule has 3 N–H and O–H groups in total. The molecule has 7 heteroatoms. The molecule has 0 fully saturated rings. The van der Waals surface area contributed by atoms with E-state index < -0.39 is 20.8 Å². The van der Waals surface area contributed by atoms with Crippen LogP contribution in [0, 0.1) is 0 Å². The summed E-state index contributed by atoms with van der Waals surface area (Å²) in [6.07, 6.45) is 0. The van der Waals surface area contributed by atoms with Gasteiger partial charge < -0.3 is 10.6 Å². The van der Waals surface area contributed by atoms with Crippen LogP contribution in [0.2, 0.25) is 0 Å². The molecule has 6 nitrogen and oxygen atoms in total. The Labute approximate surface area is 126 Å². The molecule has 0 aliphatic heterocycles. The topological polar surface area (TPSA) is 101 Å². The summed E-state index contributed by atoms with van der Waals surface area (Å²) in [7, 11) is -4.37. The monoisotopic (exact) mass is 316 g/mol. The first kappa shape index (κ1) is 19.6. The van der Waals surface area contributed by atoms with E-state index >= 15 is 0 Å². The van der Waals surface area contributed by atoms with Crippen molar-refractivity contribution < 1.29 is 17.8 Å². The van der Waals surface area contributed by atoms with Crippen LogP contribution in [0.25, 0.3) is 0 Å². The highest BCUT2D eigenvalue weighted by atomic mass is 32.2. The zero-order chi connectivity index (χ0) is 16.6. The van der Waals surface area contributed by atoms with Gasteiger partial charge in [0, 0.05) is 11.3 Å². The third kappa shape index (κ3) is 6.70. The van der Waals surface area contributed by atoms with Gasteiger partial charge in [0.25, 0.3) is 10.1 Å². The zero-order valence-corrected chi connectivity index (χ0v) is 13.8. The molecule has 0 saturated heterocycles. The van der Waals surface area contributed by atoms with E-state index in [1.807, 2.05) is 0 Å². The van der Waals surface area contributed by atoms with Crippen molar-refractivity contribution >= 4 is 21.6 Å². The fraction of sp³-hybridized carbons (Fsp3) is 0.500. The lowest BCUT2D eigenvalue weighted by atomic mass is 10.1. The number of hydrogen-bond acceptors (Lipinski definition) is 5. The van der Waals surface area contributed by atoms with Crippen LogP contribution in [0.15, 0.2) is 23.1 Å². The Balaban J connectivity index is 0.000000486. The molecule has 0 aliphatic rings. The van der Waals surface area contributed by atoms with E-state index in [0.29, 0.717) is 0 Å². The van der Waals surface area contributed by atoms with Gasteiger partial charge in [-0.1, -0.05) is 20.8 Å². The molecule has 0 aliphatic carbocycles. The van der Waals surface area contributed by atoms with Crippen LogP contribution in [0.1, 0.15) is 38.1 Å². The van der Waals surface area contributed by atoms with E-state index in [-0.39, 0.29) is 11.3 Å². The maximum atomic E-state index is 11.0. The van der Waals surface area contributed by atoms with Crippen LogP contribution in [-0.4, -0.2) is 43.3 Å². The van der Waals surface area contributed by atoms with E-state index in [9.17, 15) is 13.2 Å². The maximum Gasteiger partial charge on any atom is 0.295 e. The number of nitrogens with two attached hydrogens (primary N) is 1. The lowest BCUT2D eigenvalue weighted by Gasteiger charge is -2.13. The van der Waals surface area contributed by atoms with Crippen molar-refractivity contribution in [2.45, 2.75) is 32.6 Å². The van der Waals surface area contributed by atoms with Gasteiger partial charge in [0.1, 0.15) is 4.90 Å². The quantitative estimate of drug-likeness (QED) is 0.490. The lowest BCUT2D eigenvalue weighted by molar-refractivity contribution is 0.101. The number of nitrogens with zero attached hydrogens (tertiary/aromatic N) is 1. The number of carbonyl (C=O) groups is 1. The molecule has 0 saturated carbocycles. The van der Waals surface area contributed by atoms with E-state index in [4.69, 9.17) is 10.3 Å². The highest BCUT2D eigenvalue weighted by molar-refractivity contribution is 7.86. The molecule has 0 atom stereocenters. The zero-order valence-electron chi connectivity index (χ0n) is 13.0. The molecule has 0 radical (unpaired) electrons. The molecular formula is C14H24N2O4S. The molecule has 1 rings (SSSR count). The van der Waals surface area contributed by atoms with Crippen LogP contribution in [-0.2, 0) is 10.1 Å². The van der Waals surface area contributed by atoms with E-state index in [2.05, 4.69) is 25.7 Å². The number of benzene rings is 1. The van der Waals surface area contributed by atoms with E-state index in [0.717, 1.165) is 6.07 Å². The summed E-state index contributed by atoms with van der Waals surface area (Å²) < 4.78 is 30.5. The van der Waals surface area contributed by atoms with E-state index in [1.165, 1.54) is 38.7 Å². The average molecular weight is 316 g/mol. The molecule has 0 bridgehead atoms. The largest absolute Gasteiger partial charge is 0.399 e. The lowest BCUT2D eigenvalue weighted by Crippen LogP contribution is -2.21. The molecule has 0 unspecified atom stereocenters. The molecule has 0 amide bonds. The number of Topliss-reactive ketones (excluding diaryl/α,β-unsaturated/α-hetero) is 1. The van der Waals surface area contributed by atoms with Crippen LogP contribution < -0.4 is 5.73 Å². The van der Waals surface area contributed by atoms with Gasteiger partial charge in [-0.2, -0.15) is 8.42 Å². The minimum absolute atomic E-state index is 0.104. The number of carbonyl (C=O) groups excluding carboxylic acids is 1. The van der Waals surface area contributed by atoms with Crippen molar-refractivity contribution in [1.29, 1.82) is 0 Å². The summed E-state index contributed by atoms with van der Waals surface area (Å²) in [5.74, 6) is -0.468. The summed E-state index contributed by atoms with van der Waals surface area (Å²) in [5.41, 5.74) is 5.54. The Morgan fingerprint density at radius 1 is 1.19 bits per heavy atom. The predicted octanol–water partition coefficient (Wildman–Crippen LogP) is 2.07. The second-order valence-corrected chi connectivity index (χ2v) is 5.80. The third-order valence-corrected chi connectivity index (χ3v) is 3.91. The third-order valence-electron chi connectivity index (χ3n) is 3.00. The summed E-state index contributed by atoms with van der Waals surface area (Å²) in [4.78, 5) is 13.0. The molecule has 0 heterocycles. The Kier molecular flexibility index (Phi) is 8.16. The van der Waals surface area contributed by atoms with Gasteiger partial charge in [0.15, 0.2) is 5.78 Å². The molecule has 120 valence electrons. The van der Waals surface area contributed by atoms with Crippen LogP contribution >= 0.6 is 0 Å². The van der Waals surface area contributed by atoms with E-state index in [1.54, 1.807) is 0 Å². The maximum absolute atomic E-state index is 11.0. The van der Waals surface area contributed by atoms with Gasteiger partial charge in [0.05, 0.1) is 0 Å². The van der Waals surface area contributed by atoms with Gasteiger partial charge >= 0.3 is 0 Å². The van der Waals surface area contributed by atoms with Crippen molar-refractivity contribution in [2.75, 3.05) is 25.4 Å². The van der Waals surface area contributed by atoms with Crippen LogP contribution in [0.4, 0.5) is 5.69 Å². The minimum atomic E-state index is -4.37. The molecular weight excluding hydrogens is 292 g/mol. The molecule has 1 aromatic rings. The van der Waals surface area contributed by atoms with Crippen molar-refractivity contribution in [2.24, 2.45) is 0 Å². The van der Waals surface area contributed by atoms with Crippen molar-refractivity contribution in [3.63, 3.8) is 0 Å². The second-order valence-electron chi connectivity index (χ2n) is 4.41. The van der Waals surface area contributed by atoms with Crippen LogP contribution in [0.3, 0.4) is 0 Å². The fourth-order valence-corrected chi connectivity index (χ4v) is 2.44. The van der Waals surface area contributed by atoms with Crippen molar-refractivity contribution in [3.8, 4) is 0 Å². The minimum Gasteiger partial charge on any atom is -0.399 e. The Hall–Kier alpha value is -1.44. The smallest absolute Gasteiger partial charge is 0.295 e. The van der Waals surface area contributed by atoms with Gasteiger partial charge in [-0.25, -0.2) is 0 Å². The van der Waals surface area contributed by atoms with Crippen molar-refractivity contribution in [1.82, 2.24) is 4.90 Å². The van der Waals surface area contributed by atoms with Crippen LogP contribution in [0.5, 0.6) is 0 Å². The second kappa shape index (κ2) is 8.76. The number of anilines is 1. The summed E-state index contributed by atoms with van der Waals surface area (Å²) in [5, 5.41) is 0. The van der Waals surface area contributed by atoms with Crippen molar-refractivity contribution in [3.05, 3.63) is 23.8 Å². The Bertz CT molecular complexity index is 561. The fourth-order valence-electron chi connectivity index (χ4n) is 1.72. The first-order valence-electron chi connectivity index (χ1n) is 6.77. The molecule has 1 aromatic carbocycles. The highest BCUT2D eigenvalue weighted by Gasteiger charge is 2.17. The Morgan fingerprint density at radius 3 is 1.95 bits per heavy atom. The molecule has 0 spiro atoms. The number of ketones is 1. The normalized spacial score (nSPS) is 11.0. The first-order valence-corrected chi connectivity index (χ1v) is 8.21. The predicted molar refractivity (Wildman–Crippen MR) is 84.1 cm³/mol.